The number of rotatable bonds is 10. The molecule has 0 atom stereocenters. The minimum Gasteiger partial charge on any atom is -0.455 e. The van der Waals surface area contributed by atoms with Gasteiger partial charge in [0.1, 0.15) is 16.7 Å². The highest BCUT2D eigenvalue weighted by atomic mass is 16.3. The third-order valence-corrected chi connectivity index (χ3v) is 19.4. The lowest BCUT2D eigenvalue weighted by atomic mass is 9.70. The van der Waals surface area contributed by atoms with E-state index < -0.39 is 5.41 Å². The van der Waals surface area contributed by atoms with Crippen molar-refractivity contribution in [2.45, 2.75) is 79.6 Å². The maximum Gasteiger partial charge on any atom is 0.160 e. The number of hydrogen-bond donors (Lipinski definition) is 0. The van der Waals surface area contributed by atoms with Gasteiger partial charge < -0.3 is 18.6 Å². The summed E-state index contributed by atoms with van der Waals surface area (Å²) in [5.74, 6) is 0.815. The van der Waals surface area contributed by atoms with E-state index in [0.717, 1.165) is 96.3 Å². The number of para-hydroxylation sites is 2. The Bertz CT molecular complexity index is 4980. The maximum absolute atomic E-state index is 7.67. The van der Waals surface area contributed by atoms with Crippen molar-refractivity contribution in [3.05, 3.63) is 292 Å². The first kappa shape index (κ1) is 52.6. The third kappa shape index (κ3) is 8.03. The molecule has 0 radical (unpaired) electrons. The standard InChI is InChI=1S/C83H68N2O2/c1-49(2)55-35-41-59(42-36-55)84(61-39-29-53(7)67(45-61)57-31-25-51(5)26-32-57)73-47-72-80(82-77(73)65-19-11-15-23-75(65)87-82)79-71(83(72)69-21-13-9-17-63(69)64-18-10-14-22-70(64)83)48-74(81-78(79)66-20-12-16-24-76(66)86-81)85(60-43-37-56(38-44-60)50(3)4)62-40-30-54(8)68(46-62)58-33-27-52(6)28-34-58/h9-37,39-43,45-50H,38,44H2,1-8H3. The summed E-state index contributed by atoms with van der Waals surface area (Å²) in [7, 11) is 0. The highest BCUT2D eigenvalue weighted by molar-refractivity contribution is 6.26. The van der Waals surface area contributed by atoms with Gasteiger partial charge in [-0.1, -0.05) is 208 Å². The molecule has 422 valence electrons. The van der Waals surface area contributed by atoms with Crippen LogP contribution >= 0.6 is 0 Å². The van der Waals surface area contributed by atoms with E-state index in [1.54, 1.807) is 0 Å². The first-order valence-corrected chi connectivity index (χ1v) is 31.1. The average Bonchev–Trinajstić information content (AvgIpc) is 1.50. The van der Waals surface area contributed by atoms with Gasteiger partial charge in [0.25, 0.3) is 0 Å². The molecule has 0 saturated heterocycles. The van der Waals surface area contributed by atoms with Crippen molar-refractivity contribution >= 4 is 72.3 Å². The van der Waals surface area contributed by atoms with Crippen molar-refractivity contribution in [3.8, 4) is 44.5 Å². The second kappa shape index (κ2) is 20.1. The number of nitrogens with zero attached hydrogens (tertiary/aromatic N) is 2. The van der Waals surface area contributed by atoms with Crippen LogP contribution in [0.25, 0.3) is 88.4 Å². The minimum absolute atomic E-state index is 0.367. The Kier molecular flexibility index (Phi) is 12.2. The van der Waals surface area contributed by atoms with Crippen molar-refractivity contribution in [2.24, 2.45) is 5.92 Å². The maximum atomic E-state index is 7.67. The van der Waals surface area contributed by atoms with E-state index in [4.69, 9.17) is 8.83 Å². The fourth-order valence-corrected chi connectivity index (χ4v) is 15.0. The fraction of sp³-hybridized carbons (Fsp3) is 0.157. The first-order chi connectivity index (χ1) is 42.4. The van der Waals surface area contributed by atoms with Crippen LogP contribution < -0.4 is 9.80 Å². The van der Waals surface area contributed by atoms with Crippen LogP contribution in [0.3, 0.4) is 0 Å². The largest absolute Gasteiger partial charge is 0.455 e. The Hall–Kier alpha value is -9.90. The van der Waals surface area contributed by atoms with Gasteiger partial charge in [-0.05, 0) is 191 Å². The van der Waals surface area contributed by atoms with Gasteiger partial charge in [0.2, 0.25) is 0 Å². The van der Waals surface area contributed by atoms with Gasteiger partial charge >= 0.3 is 0 Å². The number of anilines is 5. The molecule has 2 heterocycles. The van der Waals surface area contributed by atoms with Crippen molar-refractivity contribution in [1.29, 1.82) is 0 Å². The molecule has 11 aromatic carbocycles. The molecule has 0 bridgehead atoms. The highest BCUT2D eigenvalue weighted by Gasteiger charge is 2.55. The topological polar surface area (TPSA) is 32.8 Å². The van der Waals surface area contributed by atoms with E-state index in [1.165, 1.54) is 94.7 Å². The van der Waals surface area contributed by atoms with Crippen LogP contribution in [0.1, 0.15) is 96.5 Å². The molecule has 4 nitrogen and oxygen atoms in total. The summed E-state index contributed by atoms with van der Waals surface area (Å²) in [4.78, 5) is 5.07. The van der Waals surface area contributed by atoms with Gasteiger partial charge in [-0.25, -0.2) is 0 Å². The molecule has 16 rings (SSSR count). The zero-order valence-corrected chi connectivity index (χ0v) is 50.7. The Labute approximate surface area is 510 Å². The number of aryl methyl sites for hydroxylation is 4. The fourth-order valence-electron chi connectivity index (χ4n) is 15.0. The summed E-state index contributed by atoms with van der Waals surface area (Å²) < 4.78 is 15.2. The summed E-state index contributed by atoms with van der Waals surface area (Å²) in [5, 5.41) is 4.28. The second-order valence-electron chi connectivity index (χ2n) is 25.3. The minimum atomic E-state index is -0.827. The molecule has 2 aromatic heterocycles. The normalized spacial score (nSPS) is 13.9. The van der Waals surface area contributed by atoms with E-state index in [-0.39, 0.29) is 0 Å². The molecule has 0 unspecified atom stereocenters. The lowest BCUT2D eigenvalue weighted by Crippen LogP contribution is -2.27. The summed E-state index contributed by atoms with van der Waals surface area (Å²) in [6.45, 7) is 18.0. The van der Waals surface area contributed by atoms with Crippen LogP contribution in [-0.2, 0) is 5.41 Å². The third-order valence-electron chi connectivity index (χ3n) is 19.4. The van der Waals surface area contributed by atoms with E-state index in [9.17, 15) is 0 Å². The summed E-state index contributed by atoms with van der Waals surface area (Å²) in [6, 6.07) is 82.1. The van der Waals surface area contributed by atoms with Gasteiger partial charge in [-0.2, -0.15) is 0 Å². The predicted molar refractivity (Wildman–Crippen MR) is 365 cm³/mol. The van der Waals surface area contributed by atoms with Gasteiger partial charge in [0.05, 0.1) is 22.2 Å². The Morgan fingerprint density at radius 2 is 0.897 bits per heavy atom. The van der Waals surface area contributed by atoms with Crippen molar-refractivity contribution in [3.63, 3.8) is 0 Å². The molecule has 13 aromatic rings. The monoisotopic (exact) mass is 1120 g/mol. The Morgan fingerprint density at radius 3 is 1.46 bits per heavy atom. The van der Waals surface area contributed by atoms with Gasteiger partial charge in [-0.15, -0.1) is 0 Å². The zero-order chi connectivity index (χ0) is 59.0. The molecule has 3 aliphatic rings. The van der Waals surface area contributed by atoms with Gasteiger partial charge in [-0.3, -0.25) is 0 Å². The van der Waals surface area contributed by atoms with Crippen LogP contribution in [0.4, 0.5) is 28.4 Å². The molecule has 0 amide bonds. The molecule has 0 N–H and O–H groups in total. The number of hydrogen-bond acceptors (Lipinski definition) is 4. The summed E-state index contributed by atoms with van der Waals surface area (Å²) >= 11 is 0. The quantitative estimate of drug-likeness (QED) is 0.137. The zero-order valence-electron chi connectivity index (χ0n) is 50.7. The van der Waals surface area contributed by atoms with E-state index in [2.05, 4.69) is 296 Å². The first-order valence-electron chi connectivity index (χ1n) is 31.1. The van der Waals surface area contributed by atoms with Gasteiger partial charge in [0, 0.05) is 50.0 Å². The van der Waals surface area contributed by atoms with Crippen LogP contribution in [0.15, 0.2) is 251 Å². The van der Waals surface area contributed by atoms with E-state index >= 15 is 0 Å². The van der Waals surface area contributed by atoms with Crippen LogP contribution in [0, 0.1) is 33.6 Å². The van der Waals surface area contributed by atoms with Crippen LogP contribution in [0.5, 0.6) is 0 Å². The van der Waals surface area contributed by atoms with E-state index in [1.807, 2.05) is 0 Å². The Balaban J connectivity index is 1.07. The van der Waals surface area contributed by atoms with Crippen LogP contribution in [-0.4, -0.2) is 0 Å². The average molecular weight is 1130 g/mol. The molecule has 87 heavy (non-hydrogen) atoms. The second-order valence-corrected chi connectivity index (χ2v) is 25.3. The Morgan fingerprint density at radius 1 is 0.391 bits per heavy atom. The van der Waals surface area contributed by atoms with Crippen molar-refractivity contribution in [2.75, 3.05) is 9.80 Å². The molecular formula is C83H68N2O2. The molecule has 0 aliphatic heterocycles. The molecule has 0 saturated carbocycles. The highest BCUT2D eigenvalue weighted by Crippen LogP contribution is 2.68. The summed E-state index contributed by atoms with van der Waals surface area (Å²) in [6.07, 6.45) is 6.61. The van der Waals surface area contributed by atoms with Crippen LogP contribution in [0.2, 0.25) is 0 Å². The van der Waals surface area contributed by atoms with Gasteiger partial charge in [0.15, 0.2) is 5.58 Å². The number of furan rings is 2. The molecule has 4 heteroatoms. The SMILES string of the molecule is Cc1ccc(-c2cc(N(C3=CC=C(C(C)C)CC3)c3cc4c(c5c3oc3ccccc35)-c3c(cc(N(c5ccc(C(C)C)cc5)c5ccc(C)c(-c6ccc(C)cc6)c5)c5c3oc3ccccc35)C43c4ccccc4-c4ccccc43)ccc2C)cc1. The smallest absolute Gasteiger partial charge is 0.160 e. The molecular weight excluding hydrogens is 1060 g/mol. The molecule has 0 fully saturated rings. The van der Waals surface area contributed by atoms with Crippen molar-refractivity contribution in [1.82, 2.24) is 0 Å². The lowest BCUT2D eigenvalue weighted by Gasteiger charge is -2.34. The van der Waals surface area contributed by atoms with Crippen molar-refractivity contribution < 1.29 is 8.83 Å². The summed E-state index contributed by atoms with van der Waals surface area (Å²) in [5.41, 5.74) is 31.2. The number of benzene rings is 11. The molecule has 1 spiro atoms. The predicted octanol–water partition coefficient (Wildman–Crippen LogP) is 23.4. The number of allylic oxidation sites excluding steroid dienone is 4. The number of fused-ring (bicyclic) bond motifs is 18. The molecule has 3 aliphatic carbocycles. The van der Waals surface area contributed by atoms with E-state index in [0.29, 0.717) is 11.8 Å². The lowest BCUT2D eigenvalue weighted by molar-refractivity contribution is 0.666.